The van der Waals surface area contributed by atoms with Crippen molar-refractivity contribution in [2.24, 2.45) is 0 Å². The third kappa shape index (κ3) is 3.24. The molecule has 0 atom stereocenters. The van der Waals surface area contributed by atoms with Crippen molar-refractivity contribution >= 4 is 45.3 Å². The number of rotatable bonds is 2. The lowest BCUT2D eigenvalue weighted by molar-refractivity contribution is -0.295. The van der Waals surface area contributed by atoms with Gasteiger partial charge in [0.1, 0.15) is 5.71 Å². The van der Waals surface area contributed by atoms with Crippen LogP contribution in [0.1, 0.15) is 13.8 Å². The highest BCUT2D eigenvalue weighted by molar-refractivity contribution is 7.43. The van der Waals surface area contributed by atoms with Gasteiger partial charge in [0.05, 0.1) is 5.69 Å². The van der Waals surface area contributed by atoms with E-state index in [0.29, 0.717) is 0 Å². The van der Waals surface area contributed by atoms with E-state index >= 15 is 0 Å². The number of hydrogen-bond donors (Lipinski definition) is 0. The summed E-state index contributed by atoms with van der Waals surface area (Å²) >= 11 is 12.2. The first-order valence-corrected chi connectivity index (χ1v) is 9.19. The number of nitrogens with zero attached hydrogens (tertiary/aromatic N) is 2. The normalized spacial score (nSPS) is 16.1. The molecule has 0 spiro atoms. The van der Waals surface area contributed by atoms with Crippen LogP contribution in [0.3, 0.4) is 0 Å². The van der Waals surface area contributed by atoms with E-state index in [4.69, 9.17) is 22.9 Å². The van der Waals surface area contributed by atoms with E-state index in [2.05, 4.69) is 0 Å². The van der Waals surface area contributed by atoms with Crippen molar-refractivity contribution in [2.45, 2.75) is 13.8 Å². The molecule has 2 aromatic rings. The summed E-state index contributed by atoms with van der Waals surface area (Å²) < 4.78 is 140. The maximum Gasteiger partial charge on any atom is 0.554 e. The SMILES string of the molecule is CC1=CC(C)=[N+](c2c(F)c(F)c(F)c(F)c2F)[B-](Cl)(Cl)N1c1c(F)c(F)c(F)c(F)c1F. The van der Waals surface area contributed by atoms with Gasteiger partial charge in [-0.15, -0.1) is 0 Å². The second-order valence-electron chi connectivity index (χ2n) is 6.59. The van der Waals surface area contributed by atoms with E-state index < -0.39 is 74.8 Å². The lowest BCUT2D eigenvalue weighted by atomic mass is 9.92. The third-order valence-electron chi connectivity index (χ3n) is 4.65. The lowest BCUT2D eigenvalue weighted by Gasteiger charge is -2.43. The predicted molar refractivity (Wildman–Crippen MR) is 96.8 cm³/mol. The predicted octanol–water partition coefficient (Wildman–Crippen LogP) is 6.52. The topological polar surface area (TPSA) is 6.25 Å². The van der Waals surface area contributed by atoms with Gasteiger partial charge < -0.3 is 9.30 Å². The maximum absolute atomic E-state index is 14.4. The van der Waals surface area contributed by atoms with Crippen molar-refractivity contribution < 1.29 is 48.4 Å². The Morgan fingerprint density at radius 2 is 0.969 bits per heavy atom. The molecular weight excluding hydrogens is 504 g/mol. The zero-order valence-corrected chi connectivity index (χ0v) is 17.1. The van der Waals surface area contributed by atoms with Crippen LogP contribution in [0.15, 0.2) is 11.8 Å². The Labute approximate surface area is 182 Å². The number of hydrogen-bond acceptors (Lipinski definition) is 1. The molecule has 1 aliphatic heterocycles. The lowest BCUT2D eigenvalue weighted by Crippen LogP contribution is -2.57. The Morgan fingerprint density at radius 3 is 1.38 bits per heavy atom. The monoisotopic (exact) mass is 510 g/mol. The summed E-state index contributed by atoms with van der Waals surface area (Å²) in [5, 5.41) is -4.03. The van der Waals surface area contributed by atoms with Crippen molar-refractivity contribution in [1.29, 1.82) is 0 Å². The van der Waals surface area contributed by atoms with Gasteiger partial charge in [-0.2, -0.15) is 8.78 Å². The molecule has 0 saturated carbocycles. The smallest absolute Gasteiger partial charge is 0.425 e. The van der Waals surface area contributed by atoms with E-state index in [-0.39, 0.29) is 20.7 Å². The second-order valence-corrected chi connectivity index (χ2v) is 8.03. The number of anilines is 1. The Bertz CT molecular complexity index is 1190. The minimum Gasteiger partial charge on any atom is -0.425 e. The van der Waals surface area contributed by atoms with Crippen LogP contribution in [0.2, 0.25) is 0 Å². The van der Waals surface area contributed by atoms with Crippen LogP contribution in [0, 0.1) is 58.2 Å². The molecule has 0 aromatic heterocycles. The molecule has 1 aliphatic rings. The summed E-state index contributed by atoms with van der Waals surface area (Å²) in [5.74, 6) is -24.2. The summed E-state index contributed by atoms with van der Waals surface area (Å²) in [7, 11) is 0. The highest BCUT2D eigenvalue weighted by atomic mass is 35.5. The summed E-state index contributed by atoms with van der Waals surface area (Å²) in [5.41, 5.74) is -4.17. The molecule has 0 unspecified atom stereocenters. The number of allylic oxidation sites excluding steroid dienone is 2. The minimum absolute atomic E-state index is 0.102. The van der Waals surface area contributed by atoms with Crippen LogP contribution in [0.4, 0.5) is 55.3 Å². The molecular formula is C17H7BCl2F10N2. The molecule has 0 aliphatic carbocycles. The molecule has 2 aromatic carbocycles. The molecule has 0 N–H and O–H groups in total. The van der Waals surface area contributed by atoms with Crippen LogP contribution in [-0.2, 0) is 0 Å². The van der Waals surface area contributed by atoms with Gasteiger partial charge in [0, 0.05) is 13.0 Å². The third-order valence-corrected chi connectivity index (χ3v) is 5.43. The highest BCUT2D eigenvalue weighted by Gasteiger charge is 2.51. The average Bonchev–Trinajstić information content (AvgIpc) is 2.72. The van der Waals surface area contributed by atoms with Gasteiger partial charge >= 0.3 is 5.25 Å². The van der Waals surface area contributed by atoms with E-state index in [1.807, 2.05) is 0 Å². The molecule has 15 heteroatoms. The van der Waals surface area contributed by atoms with Crippen molar-refractivity contribution in [1.82, 2.24) is 0 Å². The Balaban J connectivity index is 2.41. The van der Waals surface area contributed by atoms with E-state index in [1.54, 1.807) is 0 Å². The standard InChI is InChI=1S/C17H7BCl2F10N2/c1-4-3-5(2)32(17-14(29)10(25)7(22)11(26)15(17)30)18(19,20)31(4)16-12(27)8(23)6(21)9(24)13(16)28/h3H,1-2H3. The van der Waals surface area contributed by atoms with Crippen LogP contribution >= 0.6 is 22.9 Å². The molecule has 0 fully saturated rings. The van der Waals surface area contributed by atoms with Gasteiger partial charge in [0.2, 0.25) is 40.6 Å². The Morgan fingerprint density at radius 1 is 0.625 bits per heavy atom. The summed E-state index contributed by atoms with van der Waals surface area (Å²) in [6.07, 6.45) is 0.862. The van der Waals surface area contributed by atoms with Crippen molar-refractivity contribution in [3.05, 3.63) is 69.9 Å². The molecule has 0 radical (unpaired) electrons. The number of benzene rings is 2. The minimum atomic E-state index is -4.03. The van der Waals surface area contributed by atoms with Gasteiger partial charge in [0.25, 0.3) is 0 Å². The average molecular weight is 511 g/mol. The summed E-state index contributed by atoms with van der Waals surface area (Å²) in [4.78, 5) is 0.102. The molecule has 1 heterocycles. The first-order valence-electron chi connectivity index (χ1n) is 8.31. The van der Waals surface area contributed by atoms with Crippen molar-refractivity contribution in [3.8, 4) is 0 Å². The molecule has 0 saturated heterocycles. The van der Waals surface area contributed by atoms with Gasteiger partial charge in [0.15, 0.2) is 23.3 Å². The largest absolute Gasteiger partial charge is 0.554 e. The van der Waals surface area contributed by atoms with E-state index in [9.17, 15) is 43.9 Å². The zero-order valence-electron chi connectivity index (χ0n) is 15.6. The fraction of sp³-hybridized carbons (Fsp3) is 0.118. The molecule has 2 nitrogen and oxygen atoms in total. The van der Waals surface area contributed by atoms with Crippen LogP contribution in [-0.4, -0.2) is 15.4 Å². The molecule has 0 bridgehead atoms. The van der Waals surface area contributed by atoms with Gasteiger partial charge in [-0.25, -0.2) is 35.1 Å². The Kier molecular flexibility index (Phi) is 5.96. The number of halogens is 12. The van der Waals surface area contributed by atoms with Crippen LogP contribution in [0.5, 0.6) is 0 Å². The van der Waals surface area contributed by atoms with Gasteiger partial charge in [-0.3, -0.25) is 22.9 Å². The molecule has 3 rings (SSSR count). The van der Waals surface area contributed by atoms with Gasteiger partial charge in [-0.05, 0) is 12.6 Å². The summed E-state index contributed by atoms with van der Waals surface area (Å²) in [6, 6.07) is 0. The van der Waals surface area contributed by atoms with Gasteiger partial charge in [-0.1, -0.05) is 0 Å². The maximum atomic E-state index is 14.4. The van der Waals surface area contributed by atoms with Crippen LogP contribution in [0.25, 0.3) is 0 Å². The fourth-order valence-corrected chi connectivity index (χ4v) is 4.33. The molecule has 0 amide bonds. The quantitative estimate of drug-likeness (QED) is 0.193. The first kappa shape index (κ1) is 24.2. The molecule has 172 valence electrons. The second kappa shape index (κ2) is 7.87. The van der Waals surface area contributed by atoms with E-state index in [0.717, 1.165) is 19.9 Å². The van der Waals surface area contributed by atoms with Crippen LogP contribution < -0.4 is 4.81 Å². The fourth-order valence-electron chi connectivity index (χ4n) is 3.32. The van der Waals surface area contributed by atoms with Crippen molar-refractivity contribution in [3.63, 3.8) is 0 Å². The van der Waals surface area contributed by atoms with E-state index in [1.165, 1.54) is 0 Å². The first-order chi connectivity index (χ1) is 14.7. The Hall–Kier alpha value is -2.41. The zero-order chi connectivity index (χ0) is 24.4. The highest BCUT2D eigenvalue weighted by Crippen LogP contribution is 2.43. The molecule has 32 heavy (non-hydrogen) atoms. The summed E-state index contributed by atoms with van der Waals surface area (Å²) in [6.45, 7) is 2.08. The van der Waals surface area contributed by atoms with Crippen molar-refractivity contribution in [2.75, 3.05) is 4.81 Å².